The number of nitrogens with zero attached hydrogens (tertiary/aromatic N) is 3. The summed E-state index contributed by atoms with van der Waals surface area (Å²) in [6, 6.07) is 21.2. The predicted molar refractivity (Wildman–Crippen MR) is 145 cm³/mol. The van der Waals surface area contributed by atoms with Crippen LogP contribution in [-0.2, 0) is 0 Å². The van der Waals surface area contributed by atoms with Crippen molar-refractivity contribution in [2.24, 2.45) is 0 Å². The molecule has 0 amide bonds. The Hall–Kier alpha value is -2.34. The molecule has 34 heavy (non-hydrogen) atoms. The molecule has 0 radical (unpaired) electrons. The van der Waals surface area contributed by atoms with Crippen LogP contribution in [0.25, 0.3) is 38.9 Å². The van der Waals surface area contributed by atoms with Gasteiger partial charge in [0.05, 0.1) is 37.2 Å². The number of thiazole rings is 1. The van der Waals surface area contributed by atoms with E-state index in [9.17, 15) is 0 Å². The third-order valence-electron chi connectivity index (χ3n) is 5.52. The van der Waals surface area contributed by atoms with Crippen LogP contribution in [0.3, 0.4) is 0 Å². The molecule has 3 nitrogen and oxygen atoms in total. The first-order valence-electron chi connectivity index (χ1n) is 10.4. The minimum Gasteiger partial charge on any atom is -0.218 e. The van der Waals surface area contributed by atoms with Crippen LogP contribution in [0.5, 0.6) is 0 Å². The van der Waals surface area contributed by atoms with E-state index in [0.29, 0.717) is 20.1 Å². The van der Waals surface area contributed by atoms with Gasteiger partial charge in [-0.25, -0.2) is 9.67 Å². The van der Waals surface area contributed by atoms with Gasteiger partial charge < -0.3 is 0 Å². The molecule has 0 saturated heterocycles. The summed E-state index contributed by atoms with van der Waals surface area (Å²) in [5.74, 6) is 0. The van der Waals surface area contributed by atoms with Crippen molar-refractivity contribution in [3.63, 3.8) is 0 Å². The molecule has 8 heteroatoms. The van der Waals surface area contributed by atoms with Gasteiger partial charge in [0.1, 0.15) is 0 Å². The van der Waals surface area contributed by atoms with E-state index in [1.807, 2.05) is 54.1 Å². The first-order valence-corrected chi connectivity index (χ1v) is 12.7. The normalized spacial score (nSPS) is 11.2. The molecule has 5 rings (SSSR count). The second-order valence-corrected chi connectivity index (χ2v) is 10.6. The van der Waals surface area contributed by atoms with Crippen molar-refractivity contribution in [2.75, 3.05) is 0 Å². The Bertz CT molecular complexity index is 1520. The van der Waals surface area contributed by atoms with Crippen molar-refractivity contribution in [1.29, 1.82) is 0 Å². The van der Waals surface area contributed by atoms with E-state index in [0.717, 1.165) is 49.3 Å². The number of aromatic nitrogens is 3. The summed E-state index contributed by atoms with van der Waals surface area (Å²) in [5.41, 5.74) is 6.38. The Balaban J connectivity index is 1.74. The smallest absolute Gasteiger partial charge is 0.211 e. The number of hydrogen-bond donors (Lipinski definition) is 0. The lowest BCUT2D eigenvalue weighted by atomic mass is 10.0. The molecule has 0 unspecified atom stereocenters. The summed E-state index contributed by atoms with van der Waals surface area (Å²) < 4.78 is 1.87. The van der Waals surface area contributed by atoms with Crippen LogP contribution in [0, 0.1) is 13.8 Å². The van der Waals surface area contributed by atoms with Gasteiger partial charge in [-0.1, -0.05) is 100 Å². The first kappa shape index (κ1) is 23.4. The van der Waals surface area contributed by atoms with Gasteiger partial charge in [0, 0.05) is 27.1 Å². The number of rotatable bonds is 4. The van der Waals surface area contributed by atoms with Crippen LogP contribution in [0.1, 0.15) is 10.4 Å². The van der Waals surface area contributed by atoms with Crippen LogP contribution in [0.2, 0.25) is 20.1 Å². The highest BCUT2D eigenvalue weighted by Crippen LogP contribution is 2.39. The highest BCUT2D eigenvalue weighted by molar-refractivity contribution is 7.14. The molecule has 0 atom stereocenters. The summed E-state index contributed by atoms with van der Waals surface area (Å²) >= 11 is 26.6. The van der Waals surface area contributed by atoms with Crippen molar-refractivity contribution in [3.8, 4) is 38.9 Å². The van der Waals surface area contributed by atoms with E-state index in [2.05, 4.69) is 19.1 Å². The zero-order chi connectivity index (χ0) is 24.0. The maximum Gasteiger partial charge on any atom is 0.211 e. The molecule has 0 fully saturated rings. The summed E-state index contributed by atoms with van der Waals surface area (Å²) in [6.45, 7) is 4.09. The topological polar surface area (TPSA) is 30.7 Å². The van der Waals surface area contributed by atoms with Gasteiger partial charge in [-0.05, 0) is 38.1 Å². The van der Waals surface area contributed by atoms with Gasteiger partial charge in [-0.3, -0.25) is 0 Å². The Kier molecular flexibility index (Phi) is 6.45. The summed E-state index contributed by atoms with van der Waals surface area (Å²) in [6.07, 6.45) is 0. The molecule has 2 heterocycles. The van der Waals surface area contributed by atoms with Crippen LogP contribution in [0.15, 0.2) is 66.7 Å². The molecule has 0 aliphatic heterocycles. The van der Waals surface area contributed by atoms with Gasteiger partial charge in [0.25, 0.3) is 0 Å². The Labute approximate surface area is 221 Å². The standard InChI is InChI=1S/C26H17Cl4N3S/c1-14-23(17-8-10-19(27)21(29)12-17)32-33(25(14)18-9-11-20(28)22(30)13-18)26-31-24(15(2)34-26)16-6-4-3-5-7-16/h3-13H,1-2H3. The van der Waals surface area contributed by atoms with Crippen molar-refractivity contribution < 1.29 is 0 Å². The Morgan fingerprint density at radius 2 is 1.29 bits per heavy atom. The van der Waals surface area contributed by atoms with E-state index in [-0.39, 0.29) is 0 Å². The minimum absolute atomic E-state index is 0.473. The second kappa shape index (κ2) is 9.37. The minimum atomic E-state index is 0.473. The number of halogens is 4. The predicted octanol–water partition coefficient (Wildman–Crippen LogP) is 9.56. The summed E-state index contributed by atoms with van der Waals surface area (Å²) in [7, 11) is 0. The van der Waals surface area contributed by atoms with Gasteiger partial charge in [-0.15, -0.1) is 0 Å². The molecule has 0 bridgehead atoms. The maximum atomic E-state index is 6.38. The lowest BCUT2D eigenvalue weighted by Crippen LogP contribution is -1.99. The quantitative estimate of drug-likeness (QED) is 0.225. The second-order valence-electron chi connectivity index (χ2n) is 7.76. The average molecular weight is 545 g/mol. The molecular weight excluding hydrogens is 528 g/mol. The van der Waals surface area contributed by atoms with E-state index >= 15 is 0 Å². The van der Waals surface area contributed by atoms with Crippen molar-refractivity contribution in [1.82, 2.24) is 14.8 Å². The zero-order valence-corrected chi connectivity index (χ0v) is 22.0. The van der Waals surface area contributed by atoms with Crippen LogP contribution >= 0.6 is 57.7 Å². The largest absolute Gasteiger partial charge is 0.218 e. The Morgan fingerprint density at radius 3 is 1.94 bits per heavy atom. The SMILES string of the molecule is Cc1sc(-n2nc(-c3ccc(Cl)c(Cl)c3)c(C)c2-c2ccc(Cl)c(Cl)c2)nc1-c1ccccc1. The number of aryl methyl sites for hydroxylation is 1. The maximum absolute atomic E-state index is 6.38. The van der Waals surface area contributed by atoms with Gasteiger partial charge >= 0.3 is 0 Å². The fourth-order valence-corrected chi connectivity index (χ4v) is 5.36. The summed E-state index contributed by atoms with van der Waals surface area (Å²) in [4.78, 5) is 6.07. The fraction of sp³-hybridized carbons (Fsp3) is 0.0769. The molecular formula is C26H17Cl4N3S. The number of benzene rings is 3. The lowest BCUT2D eigenvalue weighted by molar-refractivity contribution is 0.881. The average Bonchev–Trinajstić information content (AvgIpc) is 3.38. The molecule has 2 aromatic heterocycles. The van der Waals surface area contributed by atoms with Gasteiger partial charge in [0.15, 0.2) is 0 Å². The molecule has 0 aliphatic carbocycles. The lowest BCUT2D eigenvalue weighted by Gasteiger charge is -2.07. The molecule has 5 aromatic rings. The first-order chi connectivity index (χ1) is 16.3. The van der Waals surface area contributed by atoms with Crippen LogP contribution in [0.4, 0.5) is 0 Å². The monoisotopic (exact) mass is 543 g/mol. The molecule has 170 valence electrons. The Morgan fingerprint density at radius 1 is 0.676 bits per heavy atom. The molecule has 0 N–H and O–H groups in total. The van der Waals surface area contributed by atoms with E-state index in [4.69, 9.17) is 56.5 Å². The number of hydrogen-bond acceptors (Lipinski definition) is 3. The zero-order valence-electron chi connectivity index (χ0n) is 18.1. The van der Waals surface area contributed by atoms with Gasteiger partial charge in [0.2, 0.25) is 5.13 Å². The summed E-state index contributed by atoms with van der Waals surface area (Å²) in [5, 5.41) is 7.68. The van der Waals surface area contributed by atoms with Gasteiger partial charge in [-0.2, -0.15) is 5.10 Å². The van der Waals surface area contributed by atoms with Crippen molar-refractivity contribution in [3.05, 3.63) is 97.3 Å². The third kappa shape index (κ3) is 4.26. The highest BCUT2D eigenvalue weighted by atomic mass is 35.5. The van der Waals surface area contributed by atoms with E-state index in [1.165, 1.54) is 0 Å². The van der Waals surface area contributed by atoms with Crippen LogP contribution in [-0.4, -0.2) is 14.8 Å². The molecule has 0 aliphatic rings. The molecule has 0 spiro atoms. The fourth-order valence-electron chi connectivity index (χ4n) is 3.87. The van der Waals surface area contributed by atoms with E-state index < -0.39 is 0 Å². The van der Waals surface area contributed by atoms with Crippen molar-refractivity contribution in [2.45, 2.75) is 13.8 Å². The van der Waals surface area contributed by atoms with Crippen molar-refractivity contribution >= 4 is 57.7 Å². The van der Waals surface area contributed by atoms with Crippen LogP contribution < -0.4 is 0 Å². The molecule has 0 saturated carbocycles. The third-order valence-corrected chi connectivity index (χ3v) is 7.95. The van der Waals surface area contributed by atoms with E-state index in [1.54, 1.807) is 23.5 Å². The molecule has 3 aromatic carbocycles. The highest BCUT2D eigenvalue weighted by Gasteiger charge is 2.22.